The van der Waals surface area contributed by atoms with Gasteiger partial charge in [0, 0.05) is 111 Å². The molecule has 1 fully saturated rings. The monoisotopic (exact) mass is 1170 g/mol. The Balaban J connectivity index is 1.06. The minimum absolute atomic E-state index is 0.0196. The molecule has 7 aromatic rings. The van der Waals surface area contributed by atoms with E-state index in [0.29, 0.717) is 174 Å². The quantitative estimate of drug-likeness (QED) is 0.0250. The number of unbranched alkanes of at least 4 members (excludes halogenated alkanes) is 1. The van der Waals surface area contributed by atoms with Gasteiger partial charge in [-0.3, -0.25) is 19.5 Å². The normalized spacial score (nSPS) is 13.6. The molecule has 436 valence electrons. The molecule has 1 aliphatic rings. The molecule has 0 atom stereocenters. The highest BCUT2D eigenvalue weighted by atomic mass is 35.5. The Kier molecular flexibility index (Phi) is 20.1. The van der Waals surface area contributed by atoms with Gasteiger partial charge in [-0.2, -0.15) is 29.6 Å². The van der Waals surface area contributed by atoms with E-state index in [4.69, 9.17) is 70.8 Å². The average molecular weight is 1170 g/mol. The molecule has 25 nitrogen and oxygen atoms in total. The summed E-state index contributed by atoms with van der Waals surface area (Å²) in [4.78, 5) is 102. The lowest BCUT2D eigenvalue weighted by atomic mass is 10.0. The first-order valence-electron chi connectivity index (χ1n) is 26.0. The number of furan rings is 3. The maximum Gasteiger partial charge on any atom is 0.354 e. The fraction of sp³-hybridized carbons (Fsp3) is 0.400. The van der Waals surface area contributed by atoms with Crippen molar-refractivity contribution in [3.8, 4) is 51.4 Å². The fourth-order valence-electron chi connectivity index (χ4n) is 9.72. The van der Waals surface area contributed by atoms with Crippen molar-refractivity contribution < 1.29 is 67.2 Å². The molecular weight excluding hydrogens is 1110 g/mol. The van der Waals surface area contributed by atoms with Gasteiger partial charge in [0.05, 0.1) is 44.0 Å². The molecule has 7 aromatic heterocycles. The van der Waals surface area contributed by atoms with E-state index >= 15 is 0 Å². The van der Waals surface area contributed by atoms with Crippen molar-refractivity contribution in [3.63, 3.8) is 0 Å². The molecule has 27 heteroatoms. The number of carbonyl (C=O) groups excluding carboxylic acids is 1. The van der Waals surface area contributed by atoms with E-state index in [1.165, 1.54) is 33.5 Å². The SMILES string of the molecule is COOc1cc(-c2oc(C)c(C(=O)NCCCCNc3nc(Cl)nc(Cl)n3)c2C)cc(CN2CCN(Cc3cc(-c4oc(C)c(OOC)c4C)cc(C(=O)O)n3)CCN(Cc3cc(-c4oc(C)c(OOC)c4C)cc(C(=O)O)n3)CC2)n1. The molecule has 0 unspecified atom stereocenters. The highest BCUT2D eigenvalue weighted by Gasteiger charge is 2.27. The third-order valence-corrected chi connectivity index (χ3v) is 13.8. The summed E-state index contributed by atoms with van der Waals surface area (Å²) in [6.07, 6.45) is 1.33. The molecular formula is C55H63Cl2N11O14. The summed E-state index contributed by atoms with van der Waals surface area (Å²) >= 11 is 11.8. The van der Waals surface area contributed by atoms with E-state index < -0.39 is 11.9 Å². The Bertz CT molecular complexity index is 3290. The van der Waals surface area contributed by atoms with Crippen molar-refractivity contribution in [1.82, 2.24) is 49.9 Å². The van der Waals surface area contributed by atoms with Gasteiger partial charge < -0.3 is 48.8 Å². The van der Waals surface area contributed by atoms with Gasteiger partial charge in [0.2, 0.25) is 28.0 Å². The number of hydrogen-bond donors (Lipinski definition) is 4. The number of pyridine rings is 3. The van der Waals surface area contributed by atoms with Gasteiger partial charge in [0.15, 0.2) is 0 Å². The number of aromatic carboxylic acids is 2. The zero-order valence-electron chi connectivity index (χ0n) is 46.7. The molecule has 0 aliphatic carbocycles. The second kappa shape index (κ2) is 27.3. The number of nitrogens with one attached hydrogen (secondary N) is 2. The molecule has 82 heavy (non-hydrogen) atoms. The summed E-state index contributed by atoms with van der Waals surface area (Å²) in [5.41, 5.74) is 5.06. The predicted octanol–water partition coefficient (Wildman–Crippen LogP) is 8.65. The molecule has 4 N–H and O–H groups in total. The number of aromatic nitrogens is 6. The number of halogens is 2. The van der Waals surface area contributed by atoms with E-state index in [-0.39, 0.29) is 52.8 Å². The third-order valence-electron chi connectivity index (χ3n) is 13.5. The smallest absolute Gasteiger partial charge is 0.354 e. The second-order valence-electron chi connectivity index (χ2n) is 19.3. The lowest BCUT2D eigenvalue weighted by Crippen LogP contribution is -2.36. The standard InChI is InChI=1S/C55H63Cl2N11O14/c1-29-44(50(69)58-12-10-11-13-59-55-64-53(56)63-54(57)65-55)32(4)77-47(29)37-22-40(62-43(25-37)80-74-7)28-68-18-16-66(26-38-20-35(23-41(60-38)51(70)71)48-30(2)45(81-75-8)33(5)78-48)14-15-67(17-19-68)27-39-21-36(24-42(61-39)52(72)73)49-31(3)46(82-76-9)34(6)79-49/h20-25H,10-19,26-28H2,1-9H3,(H,58,69)(H,70,71)(H,72,73)(H,59,63,64,65). The van der Waals surface area contributed by atoms with Crippen LogP contribution in [0.15, 0.2) is 49.6 Å². The van der Waals surface area contributed by atoms with Crippen molar-refractivity contribution in [2.24, 2.45) is 0 Å². The molecule has 0 bridgehead atoms. The highest BCUT2D eigenvalue weighted by Crippen LogP contribution is 2.39. The van der Waals surface area contributed by atoms with Crippen molar-refractivity contribution in [2.75, 3.05) is 79.0 Å². The number of amides is 1. The lowest BCUT2D eigenvalue weighted by Gasteiger charge is -2.25. The minimum atomic E-state index is -1.21. The van der Waals surface area contributed by atoms with Gasteiger partial charge in [-0.1, -0.05) is 0 Å². The van der Waals surface area contributed by atoms with Crippen LogP contribution in [0.1, 0.15) is 95.2 Å². The minimum Gasteiger partial charge on any atom is -0.477 e. The van der Waals surface area contributed by atoms with Crippen molar-refractivity contribution in [1.29, 1.82) is 0 Å². The summed E-state index contributed by atoms with van der Waals surface area (Å²) in [7, 11) is 4.14. The van der Waals surface area contributed by atoms with Crippen LogP contribution in [0.5, 0.6) is 17.4 Å². The van der Waals surface area contributed by atoms with Gasteiger partial charge in [-0.15, -0.1) is 0 Å². The van der Waals surface area contributed by atoms with E-state index in [1.54, 1.807) is 52.8 Å². The average Bonchev–Trinajstić information content (AvgIpc) is 4.15. The molecule has 8 heterocycles. The largest absolute Gasteiger partial charge is 0.477 e. The van der Waals surface area contributed by atoms with Crippen LogP contribution in [0.3, 0.4) is 0 Å². The number of nitrogens with zero attached hydrogens (tertiary/aromatic N) is 9. The molecule has 1 amide bonds. The van der Waals surface area contributed by atoms with Gasteiger partial charge >= 0.3 is 11.9 Å². The number of rotatable bonds is 24. The number of carboxylic acid groups (broad SMARTS) is 2. The molecule has 1 aliphatic heterocycles. The zero-order chi connectivity index (χ0) is 58.8. The molecule has 1 saturated heterocycles. The van der Waals surface area contributed by atoms with E-state index in [1.807, 2.05) is 13.0 Å². The third kappa shape index (κ3) is 14.8. The Morgan fingerprint density at radius 2 is 0.951 bits per heavy atom. The summed E-state index contributed by atoms with van der Waals surface area (Å²) in [6, 6.07) is 10.1. The van der Waals surface area contributed by atoms with Crippen LogP contribution in [0.4, 0.5) is 5.95 Å². The summed E-state index contributed by atoms with van der Waals surface area (Å²) < 4.78 is 18.5. The molecule has 0 spiro atoms. The number of carboxylic acids is 2. The van der Waals surface area contributed by atoms with Crippen molar-refractivity contribution >= 4 is 47.0 Å². The number of anilines is 1. The van der Waals surface area contributed by atoms with Crippen LogP contribution in [0.25, 0.3) is 34.0 Å². The first kappa shape index (κ1) is 60.3. The van der Waals surface area contributed by atoms with E-state index in [9.17, 15) is 24.6 Å². The number of carbonyl (C=O) groups is 3. The Labute approximate surface area is 481 Å². The fourth-order valence-corrected chi connectivity index (χ4v) is 10.1. The van der Waals surface area contributed by atoms with Crippen molar-refractivity contribution in [3.05, 3.63) is 115 Å². The molecule has 0 aromatic carbocycles. The van der Waals surface area contributed by atoms with E-state index in [0.717, 1.165) is 0 Å². The van der Waals surface area contributed by atoms with Gasteiger partial charge in [0.1, 0.15) is 45.9 Å². The lowest BCUT2D eigenvalue weighted by molar-refractivity contribution is -0.181. The maximum absolute atomic E-state index is 13.7. The number of hydrogen-bond acceptors (Lipinski definition) is 22. The first-order valence-corrected chi connectivity index (χ1v) is 26.8. The van der Waals surface area contributed by atoms with Crippen LogP contribution < -0.4 is 25.3 Å². The Hall–Kier alpha value is -7.75. The molecule has 8 rings (SSSR count). The van der Waals surface area contributed by atoms with Gasteiger partial charge in [-0.05, 0) is 108 Å². The first-order chi connectivity index (χ1) is 39.3. The number of aryl methyl sites for hydroxylation is 3. The van der Waals surface area contributed by atoms with Gasteiger partial charge in [-0.25, -0.2) is 24.5 Å². The predicted molar refractivity (Wildman–Crippen MR) is 297 cm³/mol. The zero-order valence-corrected chi connectivity index (χ0v) is 48.2. The summed E-state index contributed by atoms with van der Waals surface area (Å²) in [6.45, 7) is 15.3. The summed E-state index contributed by atoms with van der Waals surface area (Å²) in [5.74, 6) is 1.06. The maximum atomic E-state index is 13.7. The Morgan fingerprint density at radius 3 is 1.40 bits per heavy atom. The van der Waals surface area contributed by atoms with Crippen molar-refractivity contribution in [2.45, 2.75) is 74.0 Å². The Morgan fingerprint density at radius 1 is 0.537 bits per heavy atom. The van der Waals surface area contributed by atoms with Crippen LogP contribution in [0, 0.1) is 41.5 Å². The molecule has 0 saturated carbocycles. The van der Waals surface area contributed by atoms with Crippen LogP contribution in [-0.2, 0) is 34.3 Å². The highest BCUT2D eigenvalue weighted by molar-refractivity contribution is 6.31. The summed E-state index contributed by atoms with van der Waals surface area (Å²) in [5, 5.41) is 26.6. The van der Waals surface area contributed by atoms with Gasteiger partial charge in [0.25, 0.3) is 11.8 Å². The topological polar surface area (TPSA) is 298 Å². The van der Waals surface area contributed by atoms with Crippen LogP contribution in [-0.4, -0.2) is 146 Å². The second-order valence-corrected chi connectivity index (χ2v) is 20.0. The van der Waals surface area contributed by atoms with Crippen LogP contribution >= 0.6 is 23.2 Å². The van der Waals surface area contributed by atoms with E-state index in [2.05, 4.69) is 50.3 Å². The van der Waals surface area contributed by atoms with Crippen LogP contribution in [0.2, 0.25) is 10.6 Å². The molecule has 0 radical (unpaired) electrons.